The first kappa shape index (κ1) is 20.3. The fourth-order valence-electron chi connectivity index (χ4n) is 3.11. The first-order valence-electron chi connectivity index (χ1n) is 9.56. The van der Waals surface area contributed by atoms with Gasteiger partial charge in [-0.05, 0) is 45.9 Å². The van der Waals surface area contributed by atoms with Crippen LogP contribution in [-0.4, -0.2) is 41.7 Å². The van der Waals surface area contributed by atoms with Crippen molar-refractivity contribution in [1.29, 1.82) is 0 Å². The van der Waals surface area contributed by atoms with Gasteiger partial charge in [-0.25, -0.2) is 9.97 Å². The maximum Gasteiger partial charge on any atom is 0.255 e. The summed E-state index contributed by atoms with van der Waals surface area (Å²) in [5, 5.41) is 9.13. The van der Waals surface area contributed by atoms with Crippen molar-refractivity contribution in [3.05, 3.63) is 41.2 Å². The molecule has 9 heteroatoms. The van der Waals surface area contributed by atoms with Gasteiger partial charge in [0.15, 0.2) is 5.65 Å². The molecule has 0 saturated carbocycles. The number of aryl methyl sites for hydroxylation is 1. The Labute approximate surface area is 178 Å². The minimum atomic E-state index is -0.630. The summed E-state index contributed by atoms with van der Waals surface area (Å²) in [6, 6.07) is 5.57. The zero-order valence-electron chi connectivity index (χ0n) is 17.5. The van der Waals surface area contributed by atoms with E-state index in [0.29, 0.717) is 33.1 Å². The number of aromatic nitrogens is 5. The Bertz CT molecular complexity index is 1280. The SMILES string of the molecule is Cn1nc(-c2cnc3[nH]cc(C(=O)NC(C)(C)C(C)(C)N)c3n2)c2ccc(Cl)cc21. The molecule has 156 valence electrons. The van der Waals surface area contributed by atoms with Crippen molar-refractivity contribution in [2.75, 3.05) is 0 Å². The predicted molar refractivity (Wildman–Crippen MR) is 118 cm³/mol. The summed E-state index contributed by atoms with van der Waals surface area (Å²) in [6.07, 6.45) is 3.25. The van der Waals surface area contributed by atoms with Crippen molar-refractivity contribution < 1.29 is 4.79 Å². The highest BCUT2D eigenvalue weighted by atomic mass is 35.5. The van der Waals surface area contributed by atoms with E-state index < -0.39 is 11.1 Å². The molecule has 0 saturated heterocycles. The Balaban J connectivity index is 1.79. The number of carbonyl (C=O) groups is 1. The Kier molecular flexibility index (Phi) is 4.59. The second-order valence-electron chi connectivity index (χ2n) is 8.59. The van der Waals surface area contributed by atoms with Crippen LogP contribution in [0.2, 0.25) is 5.02 Å². The number of aromatic amines is 1. The number of nitrogens with zero attached hydrogens (tertiary/aromatic N) is 4. The standard InChI is InChI=1S/C21H24ClN7O/c1-20(2,23)21(3,4)27-19(30)13-9-24-18-17(13)26-14(10-25-18)16-12-7-6-11(22)8-15(12)29(5)28-16/h6-10H,23H2,1-5H3,(H,24,25)(H,27,30). The minimum absolute atomic E-state index is 0.270. The van der Waals surface area contributed by atoms with Gasteiger partial charge in [-0.15, -0.1) is 0 Å². The summed E-state index contributed by atoms with van der Waals surface area (Å²) in [5.41, 5.74) is 8.52. The second-order valence-corrected chi connectivity index (χ2v) is 9.03. The highest BCUT2D eigenvalue weighted by molar-refractivity contribution is 6.31. The van der Waals surface area contributed by atoms with E-state index in [1.807, 2.05) is 52.9 Å². The zero-order chi connectivity index (χ0) is 21.8. The fraction of sp³-hybridized carbons (Fsp3) is 0.333. The summed E-state index contributed by atoms with van der Waals surface area (Å²) >= 11 is 6.12. The number of nitrogens with one attached hydrogen (secondary N) is 2. The van der Waals surface area contributed by atoms with E-state index in [0.717, 1.165) is 10.9 Å². The van der Waals surface area contributed by atoms with Crippen LogP contribution in [0, 0.1) is 0 Å². The number of benzene rings is 1. The third kappa shape index (κ3) is 3.32. The molecular formula is C21H24ClN7O. The Morgan fingerprint density at radius 2 is 2.00 bits per heavy atom. The van der Waals surface area contributed by atoms with Crippen molar-refractivity contribution in [2.45, 2.75) is 38.8 Å². The van der Waals surface area contributed by atoms with Crippen LogP contribution in [0.5, 0.6) is 0 Å². The van der Waals surface area contributed by atoms with Crippen LogP contribution >= 0.6 is 11.6 Å². The number of hydrogen-bond acceptors (Lipinski definition) is 5. The monoisotopic (exact) mass is 425 g/mol. The number of halogens is 1. The van der Waals surface area contributed by atoms with Crippen molar-refractivity contribution in [3.63, 3.8) is 0 Å². The van der Waals surface area contributed by atoms with E-state index in [1.165, 1.54) is 0 Å². The topological polar surface area (TPSA) is 115 Å². The van der Waals surface area contributed by atoms with Gasteiger partial charge in [0.2, 0.25) is 0 Å². The summed E-state index contributed by atoms with van der Waals surface area (Å²) in [6.45, 7) is 7.53. The molecule has 3 heterocycles. The van der Waals surface area contributed by atoms with Crippen molar-refractivity contribution in [2.24, 2.45) is 12.8 Å². The summed E-state index contributed by atoms with van der Waals surface area (Å²) in [5.74, 6) is -0.270. The maximum absolute atomic E-state index is 13.0. The van der Waals surface area contributed by atoms with Gasteiger partial charge >= 0.3 is 0 Å². The Morgan fingerprint density at radius 3 is 2.70 bits per heavy atom. The van der Waals surface area contributed by atoms with E-state index in [2.05, 4.69) is 20.4 Å². The molecular weight excluding hydrogens is 402 g/mol. The van der Waals surface area contributed by atoms with Crippen LogP contribution < -0.4 is 11.1 Å². The molecule has 3 aromatic heterocycles. The molecule has 0 spiro atoms. The summed E-state index contributed by atoms with van der Waals surface area (Å²) in [4.78, 5) is 25.2. The average molecular weight is 426 g/mol. The lowest BCUT2D eigenvalue weighted by Gasteiger charge is -2.39. The van der Waals surface area contributed by atoms with E-state index in [1.54, 1.807) is 17.1 Å². The first-order chi connectivity index (χ1) is 14.0. The largest absolute Gasteiger partial charge is 0.345 e. The highest BCUT2D eigenvalue weighted by Crippen LogP contribution is 2.29. The van der Waals surface area contributed by atoms with Crippen LogP contribution in [-0.2, 0) is 7.05 Å². The number of rotatable bonds is 4. The van der Waals surface area contributed by atoms with Crippen LogP contribution in [0.1, 0.15) is 38.1 Å². The minimum Gasteiger partial charge on any atom is -0.345 e. The maximum atomic E-state index is 13.0. The molecule has 0 unspecified atom stereocenters. The quantitative estimate of drug-likeness (QED) is 0.463. The van der Waals surface area contributed by atoms with Gasteiger partial charge in [-0.2, -0.15) is 5.10 Å². The van der Waals surface area contributed by atoms with Gasteiger partial charge in [-0.1, -0.05) is 11.6 Å². The van der Waals surface area contributed by atoms with Crippen LogP contribution in [0.25, 0.3) is 33.5 Å². The molecule has 4 N–H and O–H groups in total. The third-order valence-electron chi connectivity index (χ3n) is 5.72. The molecule has 0 bridgehead atoms. The van der Waals surface area contributed by atoms with Gasteiger partial charge in [0, 0.05) is 29.2 Å². The lowest BCUT2D eigenvalue weighted by atomic mass is 9.83. The zero-order valence-corrected chi connectivity index (χ0v) is 18.3. The first-order valence-corrected chi connectivity index (χ1v) is 9.94. The predicted octanol–water partition coefficient (Wildman–Crippen LogP) is 3.41. The number of fused-ring (bicyclic) bond motifs is 2. The molecule has 30 heavy (non-hydrogen) atoms. The Morgan fingerprint density at radius 1 is 1.27 bits per heavy atom. The van der Waals surface area contributed by atoms with Gasteiger partial charge in [0.25, 0.3) is 5.91 Å². The normalized spacial score (nSPS) is 12.6. The Hall–Kier alpha value is -2.97. The van der Waals surface area contributed by atoms with Crippen LogP contribution in [0.3, 0.4) is 0 Å². The van der Waals surface area contributed by atoms with Gasteiger partial charge in [-0.3, -0.25) is 9.48 Å². The van der Waals surface area contributed by atoms with Crippen LogP contribution in [0.4, 0.5) is 0 Å². The van der Waals surface area contributed by atoms with Gasteiger partial charge in [0.1, 0.15) is 16.9 Å². The molecule has 0 aliphatic carbocycles. The molecule has 0 radical (unpaired) electrons. The molecule has 0 aliphatic rings. The lowest BCUT2D eigenvalue weighted by Crippen LogP contribution is -2.62. The summed E-state index contributed by atoms with van der Waals surface area (Å²) < 4.78 is 1.75. The molecule has 1 aromatic carbocycles. The molecule has 8 nitrogen and oxygen atoms in total. The number of hydrogen-bond donors (Lipinski definition) is 3. The smallest absolute Gasteiger partial charge is 0.255 e. The van der Waals surface area contributed by atoms with Gasteiger partial charge in [0.05, 0.1) is 22.8 Å². The van der Waals surface area contributed by atoms with Crippen molar-refractivity contribution >= 4 is 39.6 Å². The van der Waals surface area contributed by atoms with E-state index >= 15 is 0 Å². The molecule has 4 aromatic rings. The lowest BCUT2D eigenvalue weighted by molar-refractivity contribution is 0.0877. The van der Waals surface area contributed by atoms with E-state index in [-0.39, 0.29) is 5.91 Å². The number of H-pyrrole nitrogens is 1. The fourth-order valence-corrected chi connectivity index (χ4v) is 3.28. The average Bonchev–Trinajstić information content (AvgIpc) is 3.21. The van der Waals surface area contributed by atoms with Crippen molar-refractivity contribution in [1.82, 2.24) is 30.0 Å². The number of carbonyl (C=O) groups excluding carboxylic acids is 1. The second kappa shape index (κ2) is 6.78. The molecule has 0 atom stereocenters. The molecule has 0 fully saturated rings. The number of nitrogens with two attached hydrogens (primary N) is 1. The van der Waals surface area contributed by atoms with E-state index in [9.17, 15) is 4.79 Å². The molecule has 4 rings (SSSR count). The summed E-state index contributed by atoms with van der Waals surface area (Å²) in [7, 11) is 1.85. The van der Waals surface area contributed by atoms with E-state index in [4.69, 9.17) is 22.3 Å². The van der Waals surface area contributed by atoms with Gasteiger partial charge < -0.3 is 16.0 Å². The highest BCUT2D eigenvalue weighted by Gasteiger charge is 2.35. The number of amides is 1. The molecule has 1 amide bonds. The van der Waals surface area contributed by atoms with Crippen molar-refractivity contribution in [3.8, 4) is 11.4 Å². The van der Waals surface area contributed by atoms with Crippen LogP contribution in [0.15, 0.2) is 30.6 Å². The molecule has 0 aliphatic heterocycles. The third-order valence-corrected chi connectivity index (χ3v) is 5.95.